The van der Waals surface area contributed by atoms with E-state index in [4.69, 9.17) is 5.73 Å². The lowest BCUT2D eigenvalue weighted by atomic mass is 10.3. The molecule has 0 unspecified atom stereocenters. The molecule has 0 aliphatic heterocycles. The van der Waals surface area contributed by atoms with E-state index in [9.17, 15) is 4.79 Å². The number of halogens is 1. The second-order valence-corrected chi connectivity index (χ2v) is 4.43. The van der Waals surface area contributed by atoms with Gasteiger partial charge in [0.15, 0.2) is 5.69 Å². The summed E-state index contributed by atoms with van der Waals surface area (Å²) in [7, 11) is 1.28. The zero-order valence-electron chi connectivity index (χ0n) is 9.85. The number of ether oxygens (including phenoxy) is 1. The van der Waals surface area contributed by atoms with Crippen LogP contribution in [0.4, 0.5) is 5.82 Å². The fourth-order valence-corrected chi connectivity index (χ4v) is 1.68. The first-order chi connectivity index (χ1) is 8.54. The van der Waals surface area contributed by atoms with E-state index in [1.54, 1.807) is 6.07 Å². The Balaban J connectivity index is 2.48. The topological polar surface area (TPSA) is 83.0 Å². The van der Waals surface area contributed by atoms with Crippen LogP contribution in [0, 0.1) is 6.92 Å². The SMILES string of the molecule is COC(=O)c1ncn(-c2ccc(Br)c(C)n2)c1N. The summed E-state index contributed by atoms with van der Waals surface area (Å²) in [5.41, 5.74) is 6.75. The summed E-state index contributed by atoms with van der Waals surface area (Å²) in [6.45, 7) is 1.86. The predicted molar refractivity (Wildman–Crippen MR) is 69.5 cm³/mol. The normalized spacial score (nSPS) is 10.4. The Bertz CT molecular complexity index is 609. The molecule has 0 atom stereocenters. The van der Waals surface area contributed by atoms with Gasteiger partial charge in [-0.05, 0) is 35.0 Å². The minimum Gasteiger partial charge on any atom is -0.464 e. The van der Waals surface area contributed by atoms with Crippen molar-refractivity contribution in [2.45, 2.75) is 6.92 Å². The van der Waals surface area contributed by atoms with Gasteiger partial charge in [-0.15, -0.1) is 0 Å². The quantitative estimate of drug-likeness (QED) is 0.854. The second-order valence-electron chi connectivity index (χ2n) is 3.58. The third-order valence-electron chi connectivity index (χ3n) is 2.44. The first-order valence-electron chi connectivity index (χ1n) is 5.09. The van der Waals surface area contributed by atoms with Gasteiger partial charge in [0.2, 0.25) is 0 Å². The van der Waals surface area contributed by atoms with Crippen molar-refractivity contribution in [3.8, 4) is 5.82 Å². The van der Waals surface area contributed by atoms with E-state index in [0.29, 0.717) is 5.82 Å². The van der Waals surface area contributed by atoms with Crippen molar-refractivity contribution in [3.05, 3.63) is 34.3 Å². The molecular weight excluding hydrogens is 300 g/mol. The van der Waals surface area contributed by atoms with Gasteiger partial charge in [-0.2, -0.15) is 0 Å². The Morgan fingerprint density at radius 2 is 2.22 bits per heavy atom. The number of pyridine rings is 1. The van der Waals surface area contributed by atoms with Gasteiger partial charge in [0, 0.05) is 4.47 Å². The summed E-state index contributed by atoms with van der Waals surface area (Å²) in [4.78, 5) is 19.7. The number of hydrogen-bond acceptors (Lipinski definition) is 5. The van der Waals surface area contributed by atoms with Crippen LogP contribution in [0.3, 0.4) is 0 Å². The molecule has 0 aliphatic rings. The summed E-state index contributed by atoms with van der Waals surface area (Å²) < 4.78 is 7.02. The maximum Gasteiger partial charge on any atom is 0.360 e. The van der Waals surface area contributed by atoms with Crippen LogP contribution in [0.15, 0.2) is 22.9 Å². The summed E-state index contributed by atoms with van der Waals surface area (Å²) in [5, 5.41) is 0. The van der Waals surface area contributed by atoms with E-state index in [1.165, 1.54) is 18.0 Å². The highest BCUT2D eigenvalue weighted by Crippen LogP contribution is 2.20. The number of rotatable bonds is 2. The first-order valence-corrected chi connectivity index (χ1v) is 5.88. The fourth-order valence-electron chi connectivity index (χ4n) is 1.46. The highest BCUT2D eigenvalue weighted by atomic mass is 79.9. The Morgan fingerprint density at radius 3 is 2.83 bits per heavy atom. The third kappa shape index (κ3) is 2.08. The van der Waals surface area contributed by atoms with Gasteiger partial charge in [0.25, 0.3) is 0 Å². The smallest absolute Gasteiger partial charge is 0.360 e. The molecule has 0 aliphatic carbocycles. The van der Waals surface area contributed by atoms with Gasteiger partial charge in [-0.1, -0.05) is 0 Å². The third-order valence-corrected chi connectivity index (χ3v) is 3.27. The number of aryl methyl sites for hydroxylation is 1. The molecule has 0 fully saturated rings. The van der Waals surface area contributed by atoms with Crippen molar-refractivity contribution in [3.63, 3.8) is 0 Å². The molecular formula is C11H11BrN4O2. The monoisotopic (exact) mass is 310 g/mol. The molecule has 2 rings (SSSR count). The van der Waals surface area contributed by atoms with Gasteiger partial charge < -0.3 is 10.5 Å². The van der Waals surface area contributed by atoms with E-state index in [0.717, 1.165) is 10.2 Å². The second kappa shape index (κ2) is 4.77. The minimum absolute atomic E-state index is 0.0832. The lowest BCUT2D eigenvalue weighted by molar-refractivity contribution is 0.0596. The molecule has 0 bridgehead atoms. The number of aromatic nitrogens is 3. The van der Waals surface area contributed by atoms with Gasteiger partial charge in [0.05, 0.1) is 12.8 Å². The molecule has 7 heteroatoms. The van der Waals surface area contributed by atoms with Crippen molar-refractivity contribution >= 4 is 27.7 Å². The number of nitrogen functional groups attached to an aromatic ring is 1. The Hall–Kier alpha value is -1.89. The van der Waals surface area contributed by atoms with Crippen LogP contribution in [0.25, 0.3) is 5.82 Å². The van der Waals surface area contributed by atoms with Gasteiger partial charge in [0.1, 0.15) is 18.0 Å². The number of nitrogens with zero attached hydrogens (tertiary/aromatic N) is 3. The number of esters is 1. The molecule has 2 N–H and O–H groups in total. The van der Waals surface area contributed by atoms with E-state index >= 15 is 0 Å². The Morgan fingerprint density at radius 1 is 1.50 bits per heavy atom. The molecule has 0 radical (unpaired) electrons. The predicted octanol–water partition coefficient (Wildman–Crippen LogP) is 1.71. The fraction of sp³-hybridized carbons (Fsp3) is 0.182. The summed E-state index contributed by atoms with van der Waals surface area (Å²) in [6.07, 6.45) is 1.44. The maximum absolute atomic E-state index is 11.4. The molecule has 18 heavy (non-hydrogen) atoms. The Kier molecular flexibility index (Phi) is 3.33. The average molecular weight is 311 g/mol. The van der Waals surface area contributed by atoms with Gasteiger partial charge in [-0.3, -0.25) is 4.57 Å². The standard InChI is InChI=1S/C11H11BrN4O2/c1-6-7(12)3-4-8(15-6)16-5-14-9(10(16)13)11(17)18-2/h3-5H,13H2,1-2H3. The number of nitrogens with two attached hydrogens (primary N) is 1. The molecule has 2 aromatic heterocycles. The van der Waals surface area contributed by atoms with Crippen molar-refractivity contribution in [1.29, 1.82) is 0 Å². The van der Waals surface area contributed by atoms with Crippen LogP contribution in [0.5, 0.6) is 0 Å². The molecule has 0 spiro atoms. The van der Waals surface area contributed by atoms with E-state index in [2.05, 4.69) is 30.6 Å². The van der Waals surface area contributed by atoms with Crippen LogP contribution < -0.4 is 5.73 Å². The van der Waals surface area contributed by atoms with Crippen molar-refractivity contribution in [1.82, 2.24) is 14.5 Å². The highest BCUT2D eigenvalue weighted by Gasteiger charge is 2.17. The van der Waals surface area contributed by atoms with E-state index in [-0.39, 0.29) is 11.5 Å². The first kappa shape index (κ1) is 12.6. The number of hydrogen-bond donors (Lipinski definition) is 1. The number of carbonyl (C=O) groups excluding carboxylic acids is 1. The largest absolute Gasteiger partial charge is 0.464 e. The summed E-state index contributed by atoms with van der Waals surface area (Å²) in [6, 6.07) is 3.63. The van der Waals surface area contributed by atoms with Crippen LogP contribution in [0.1, 0.15) is 16.2 Å². The zero-order valence-corrected chi connectivity index (χ0v) is 11.4. The molecule has 0 amide bonds. The molecule has 6 nitrogen and oxygen atoms in total. The van der Waals surface area contributed by atoms with Gasteiger partial charge in [-0.25, -0.2) is 14.8 Å². The zero-order chi connectivity index (χ0) is 13.3. The molecule has 2 aromatic rings. The van der Waals surface area contributed by atoms with Crippen LogP contribution in [0.2, 0.25) is 0 Å². The van der Waals surface area contributed by atoms with Crippen LogP contribution in [-0.4, -0.2) is 27.6 Å². The highest BCUT2D eigenvalue weighted by molar-refractivity contribution is 9.10. The molecule has 0 saturated heterocycles. The number of anilines is 1. The van der Waals surface area contributed by atoms with Crippen molar-refractivity contribution < 1.29 is 9.53 Å². The lowest BCUT2D eigenvalue weighted by Gasteiger charge is -2.06. The Labute approximate surface area is 112 Å². The minimum atomic E-state index is -0.569. The summed E-state index contributed by atoms with van der Waals surface area (Å²) in [5.74, 6) is 0.229. The number of carbonyl (C=O) groups is 1. The number of methoxy groups -OCH3 is 1. The van der Waals surface area contributed by atoms with E-state index in [1.807, 2.05) is 13.0 Å². The number of imidazole rings is 1. The molecule has 0 aromatic carbocycles. The lowest BCUT2D eigenvalue weighted by Crippen LogP contribution is -2.08. The van der Waals surface area contributed by atoms with Crippen molar-refractivity contribution in [2.75, 3.05) is 12.8 Å². The van der Waals surface area contributed by atoms with Gasteiger partial charge >= 0.3 is 5.97 Å². The molecule has 0 saturated carbocycles. The summed E-state index contributed by atoms with van der Waals surface area (Å²) >= 11 is 3.37. The molecule has 94 valence electrons. The van der Waals surface area contributed by atoms with Crippen molar-refractivity contribution in [2.24, 2.45) is 0 Å². The van der Waals surface area contributed by atoms with Crippen LogP contribution >= 0.6 is 15.9 Å². The van der Waals surface area contributed by atoms with Crippen LogP contribution in [-0.2, 0) is 4.74 Å². The maximum atomic E-state index is 11.4. The molecule has 2 heterocycles. The van der Waals surface area contributed by atoms with E-state index < -0.39 is 5.97 Å². The average Bonchev–Trinajstić information content (AvgIpc) is 2.74.